The summed E-state index contributed by atoms with van der Waals surface area (Å²) in [5.41, 5.74) is -0.421. The molecule has 0 aliphatic carbocycles. The lowest BCUT2D eigenvalue weighted by molar-refractivity contribution is -0.397. The van der Waals surface area contributed by atoms with Crippen molar-refractivity contribution in [3.05, 3.63) is 0 Å². The average molecular weight is 288 g/mol. The van der Waals surface area contributed by atoms with Crippen LogP contribution < -0.4 is 0 Å². The fourth-order valence-corrected chi connectivity index (χ4v) is 1.64. The van der Waals surface area contributed by atoms with Crippen LogP contribution in [0.4, 0.5) is 0 Å². The van der Waals surface area contributed by atoms with Crippen molar-refractivity contribution in [1.82, 2.24) is 0 Å². The molecule has 0 amide bonds. The van der Waals surface area contributed by atoms with Crippen molar-refractivity contribution in [2.45, 2.75) is 85.9 Å². The maximum absolute atomic E-state index is 11.5. The highest BCUT2D eigenvalue weighted by Gasteiger charge is 2.38. The summed E-state index contributed by atoms with van der Waals surface area (Å²) < 4.78 is 4.96. The lowest BCUT2D eigenvalue weighted by atomic mass is 9.75. The van der Waals surface area contributed by atoms with Crippen molar-refractivity contribution in [2.75, 3.05) is 6.61 Å². The van der Waals surface area contributed by atoms with Crippen molar-refractivity contribution < 1.29 is 19.3 Å². The number of carbonyl (C=O) groups excluding carboxylic acids is 1. The highest BCUT2D eigenvalue weighted by Crippen LogP contribution is 2.37. The van der Waals surface area contributed by atoms with Gasteiger partial charge in [0.15, 0.2) is 0 Å². The third-order valence-electron chi connectivity index (χ3n) is 4.22. The molecule has 0 N–H and O–H groups in total. The van der Waals surface area contributed by atoms with Gasteiger partial charge in [0.1, 0.15) is 11.7 Å². The quantitative estimate of drug-likeness (QED) is 0.342. The van der Waals surface area contributed by atoms with Crippen molar-refractivity contribution in [2.24, 2.45) is 5.41 Å². The van der Waals surface area contributed by atoms with Crippen LogP contribution in [0.15, 0.2) is 0 Å². The Labute approximate surface area is 124 Å². The first-order valence-electron chi connectivity index (χ1n) is 7.70. The summed E-state index contributed by atoms with van der Waals surface area (Å²) in [6.45, 7) is 14.7. The third-order valence-corrected chi connectivity index (χ3v) is 4.22. The maximum Gasteiger partial charge on any atom is 0.308 e. The molecule has 0 heterocycles. The van der Waals surface area contributed by atoms with E-state index in [1.165, 1.54) is 0 Å². The first-order valence-corrected chi connectivity index (χ1v) is 7.70. The lowest BCUT2D eigenvalue weighted by Crippen LogP contribution is -2.42. The van der Waals surface area contributed by atoms with Gasteiger partial charge in [-0.3, -0.25) is 4.79 Å². The smallest absolute Gasteiger partial charge is 0.308 e. The molecule has 20 heavy (non-hydrogen) atoms. The predicted molar refractivity (Wildman–Crippen MR) is 80.3 cm³/mol. The number of rotatable bonds is 10. The Balaban J connectivity index is 4.50. The van der Waals surface area contributed by atoms with Crippen molar-refractivity contribution in [3.8, 4) is 0 Å². The summed E-state index contributed by atoms with van der Waals surface area (Å²) in [6.07, 6.45) is 2.70. The Hall–Kier alpha value is -0.610. The van der Waals surface area contributed by atoms with Crippen LogP contribution >= 0.6 is 0 Å². The molecule has 0 bridgehead atoms. The maximum atomic E-state index is 11.5. The lowest BCUT2D eigenvalue weighted by Gasteiger charge is -2.40. The summed E-state index contributed by atoms with van der Waals surface area (Å²) in [6, 6.07) is 0. The fraction of sp³-hybridized carbons (Fsp3) is 0.938. The van der Waals surface area contributed by atoms with Crippen LogP contribution in [-0.2, 0) is 19.3 Å². The van der Waals surface area contributed by atoms with Gasteiger partial charge < -0.3 is 4.74 Å². The summed E-state index contributed by atoms with van der Waals surface area (Å²) in [7, 11) is 0. The molecule has 1 unspecified atom stereocenters. The zero-order valence-corrected chi connectivity index (χ0v) is 14.2. The normalized spacial score (nSPS) is 14.2. The van der Waals surface area contributed by atoms with Gasteiger partial charge in [-0.25, -0.2) is 9.78 Å². The van der Waals surface area contributed by atoms with Gasteiger partial charge in [-0.15, -0.1) is 0 Å². The molecule has 0 rings (SSSR count). The van der Waals surface area contributed by atoms with Gasteiger partial charge in [0, 0.05) is 0 Å². The Morgan fingerprint density at radius 3 is 2.15 bits per heavy atom. The molecule has 0 aliphatic rings. The summed E-state index contributed by atoms with van der Waals surface area (Å²) in [4.78, 5) is 22.8. The predicted octanol–water partition coefficient (Wildman–Crippen LogP) is 4.27. The topological polar surface area (TPSA) is 44.8 Å². The first-order chi connectivity index (χ1) is 9.20. The molecule has 0 aliphatic heterocycles. The van der Waals surface area contributed by atoms with E-state index in [1.807, 2.05) is 13.8 Å². The standard InChI is InChI=1S/C16H32O4/c1-8-11-13(12-14(17)18-10-3)19-20-16(6,7)15(4,5)9-2/h13H,8-12H2,1-7H3. The number of hydrogen-bond acceptors (Lipinski definition) is 4. The molecule has 120 valence electrons. The molecule has 0 aromatic heterocycles. The van der Waals surface area contributed by atoms with Gasteiger partial charge in [-0.2, -0.15) is 0 Å². The van der Waals surface area contributed by atoms with Crippen LogP contribution in [0.25, 0.3) is 0 Å². The zero-order chi connectivity index (χ0) is 15.8. The van der Waals surface area contributed by atoms with Crippen molar-refractivity contribution in [1.29, 1.82) is 0 Å². The van der Waals surface area contributed by atoms with E-state index in [9.17, 15) is 4.79 Å². The number of hydrogen-bond donors (Lipinski definition) is 0. The SMILES string of the molecule is CCCC(CC(=O)OCC)OOC(C)(C)C(C)(C)CC. The third kappa shape index (κ3) is 6.23. The van der Waals surface area contributed by atoms with Crippen LogP contribution in [0.2, 0.25) is 0 Å². The van der Waals surface area contributed by atoms with Crippen LogP contribution in [0.5, 0.6) is 0 Å². The Bertz CT molecular complexity index is 284. The summed E-state index contributed by atoms with van der Waals surface area (Å²) >= 11 is 0. The van der Waals surface area contributed by atoms with E-state index in [0.29, 0.717) is 6.61 Å². The molecular weight excluding hydrogens is 256 g/mol. The second-order valence-corrected chi connectivity index (χ2v) is 6.35. The Kier molecular flexibility index (Phi) is 8.36. The summed E-state index contributed by atoms with van der Waals surface area (Å²) in [5, 5.41) is 0. The molecule has 0 radical (unpaired) electrons. The van der Waals surface area contributed by atoms with Gasteiger partial charge in [0.2, 0.25) is 0 Å². The first kappa shape index (κ1) is 19.4. The molecule has 1 atom stereocenters. The second-order valence-electron chi connectivity index (χ2n) is 6.35. The highest BCUT2D eigenvalue weighted by atomic mass is 17.2. The molecule has 4 heteroatoms. The van der Waals surface area contributed by atoms with Crippen LogP contribution in [-0.4, -0.2) is 24.3 Å². The van der Waals surface area contributed by atoms with E-state index < -0.39 is 5.60 Å². The van der Waals surface area contributed by atoms with E-state index in [2.05, 4.69) is 27.7 Å². The monoisotopic (exact) mass is 288 g/mol. The van der Waals surface area contributed by atoms with Crippen LogP contribution in [0.3, 0.4) is 0 Å². The Morgan fingerprint density at radius 2 is 1.70 bits per heavy atom. The number of esters is 1. The fourth-order valence-electron chi connectivity index (χ4n) is 1.64. The highest BCUT2D eigenvalue weighted by molar-refractivity contribution is 5.69. The second kappa shape index (κ2) is 8.63. The Morgan fingerprint density at radius 1 is 1.10 bits per heavy atom. The number of ether oxygens (including phenoxy) is 1. The van der Waals surface area contributed by atoms with Gasteiger partial charge >= 0.3 is 5.97 Å². The van der Waals surface area contributed by atoms with Gasteiger partial charge in [-0.1, -0.05) is 34.1 Å². The molecule has 0 saturated heterocycles. The average Bonchev–Trinajstić information content (AvgIpc) is 2.36. The molecule has 0 aromatic rings. The minimum absolute atomic E-state index is 0.00626. The zero-order valence-electron chi connectivity index (χ0n) is 14.2. The van der Waals surface area contributed by atoms with E-state index in [-0.39, 0.29) is 23.9 Å². The van der Waals surface area contributed by atoms with Gasteiger partial charge in [0.25, 0.3) is 0 Å². The molecule has 4 nitrogen and oxygen atoms in total. The minimum atomic E-state index is -0.414. The van der Waals surface area contributed by atoms with Gasteiger partial charge in [0.05, 0.1) is 13.0 Å². The van der Waals surface area contributed by atoms with Gasteiger partial charge in [-0.05, 0) is 39.0 Å². The van der Waals surface area contributed by atoms with E-state index >= 15 is 0 Å². The van der Waals surface area contributed by atoms with Crippen LogP contribution in [0.1, 0.15) is 74.1 Å². The van der Waals surface area contributed by atoms with E-state index in [4.69, 9.17) is 14.5 Å². The van der Waals surface area contributed by atoms with E-state index in [1.54, 1.807) is 6.92 Å². The molecular formula is C16H32O4. The van der Waals surface area contributed by atoms with E-state index in [0.717, 1.165) is 19.3 Å². The molecule has 0 saturated carbocycles. The molecule has 0 spiro atoms. The van der Waals surface area contributed by atoms with Crippen molar-refractivity contribution >= 4 is 5.97 Å². The molecule has 0 fully saturated rings. The molecule has 0 aromatic carbocycles. The minimum Gasteiger partial charge on any atom is -0.466 e. The number of carbonyl (C=O) groups is 1. The van der Waals surface area contributed by atoms with Crippen molar-refractivity contribution in [3.63, 3.8) is 0 Å². The summed E-state index contributed by atoms with van der Waals surface area (Å²) in [5.74, 6) is -0.234. The van der Waals surface area contributed by atoms with Crippen LogP contribution in [0, 0.1) is 5.41 Å². The largest absolute Gasteiger partial charge is 0.466 e.